The summed E-state index contributed by atoms with van der Waals surface area (Å²) in [5.41, 5.74) is 4.17. The van der Waals surface area contributed by atoms with Crippen molar-refractivity contribution in [3.8, 4) is 0 Å². The summed E-state index contributed by atoms with van der Waals surface area (Å²) in [5, 5.41) is 3.61. The van der Waals surface area contributed by atoms with E-state index >= 15 is 0 Å². The average molecular weight is 425 g/mol. The summed E-state index contributed by atoms with van der Waals surface area (Å²) in [7, 11) is 0. The van der Waals surface area contributed by atoms with E-state index in [1.165, 1.54) is 0 Å². The lowest BCUT2D eigenvalue weighted by molar-refractivity contribution is -0.111. The number of halogens is 1. The lowest BCUT2D eigenvalue weighted by atomic mass is 9.98. The third-order valence-corrected chi connectivity index (χ3v) is 5.93. The number of carbonyl (C=O) groups is 2. The first kappa shape index (κ1) is 20.4. The molecule has 30 heavy (non-hydrogen) atoms. The van der Waals surface area contributed by atoms with Crippen LogP contribution in [0.4, 0.5) is 5.69 Å². The number of imidazole rings is 1. The molecule has 1 saturated heterocycles. The molecule has 1 aromatic carbocycles. The number of hydrogen-bond acceptors (Lipinski definition) is 4. The Morgan fingerprint density at radius 1 is 1.23 bits per heavy atom. The number of aryl methyl sites for hydroxylation is 1. The normalized spacial score (nSPS) is 14.8. The standard InChI is InChI=1S/C23H25ClN4O2/c1-2-20-22(28-12-9-18(24)13-21(28)26-20)23(30)25-14-16-3-5-19(6-4-16)27-10-7-17(15-29)8-11-27/h3-6,9,12-13,15,17H,2,7-8,10-11,14H2,1H3,(H,25,30). The first-order chi connectivity index (χ1) is 14.6. The molecule has 156 valence electrons. The molecule has 1 fully saturated rings. The highest BCUT2D eigenvalue weighted by Crippen LogP contribution is 2.23. The van der Waals surface area contributed by atoms with Gasteiger partial charge in [-0.2, -0.15) is 0 Å². The number of fused-ring (bicyclic) bond motifs is 1. The number of carbonyl (C=O) groups excluding carboxylic acids is 2. The summed E-state index contributed by atoms with van der Waals surface area (Å²) in [6.07, 6.45) is 5.33. The third-order valence-electron chi connectivity index (χ3n) is 5.70. The first-order valence-electron chi connectivity index (χ1n) is 10.3. The van der Waals surface area contributed by atoms with Gasteiger partial charge in [-0.3, -0.25) is 9.20 Å². The molecule has 0 radical (unpaired) electrons. The summed E-state index contributed by atoms with van der Waals surface area (Å²) in [4.78, 5) is 30.7. The van der Waals surface area contributed by atoms with Crippen molar-refractivity contribution in [2.45, 2.75) is 32.7 Å². The molecule has 2 aromatic heterocycles. The summed E-state index contributed by atoms with van der Waals surface area (Å²) >= 11 is 6.05. The molecular weight excluding hydrogens is 400 g/mol. The Morgan fingerprint density at radius 2 is 1.97 bits per heavy atom. The fourth-order valence-corrected chi connectivity index (χ4v) is 4.09. The van der Waals surface area contributed by atoms with Crippen molar-refractivity contribution in [3.05, 3.63) is 64.6 Å². The van der Waals surface area contributed by atoms with Gasteiger partial charge in [0.2, 0.25) is 0 Å². The van der Waals surface area contributed by atoms with Crippen LogP contribution in [-0.4, -0.2) is 34.7 Å². The Kier molecular flexibility index (Phi) is 6.04. The van der Waals surface area contributed by atoms with Gasteiger partial charge in [0, 0.05) is 48.5 Å². The zero-order valence-corrected chi connectivity index (χ0v) is 17.7. The molecule has 7 heteroatoms. The molecule has 0 atom stereocenters. The Balaban J connectivity index is 1.42. The van der Waals surface area contributed by atoms with E-state index < -0.39 is 0 Å². The molecule has 0 unspecified atom stereocenters. The van der Waals surface area contributed by atoms with E-state index in [0.717, 1.165) is 49.2 Å². The molecule has 0 aliphatic carbocycles. The predicted molar refractivity (Wildman–Crippen MR) is 118 cm³/mol. The van der Waals surface area contributed by atoms with Gasteiger partial charge in [-0.25, -0.2) is 4.98 Å². The molecule has 3 aromatic rings. The molecule has 1 amide bonds. The van der Waals surface area contributed by atoms with Gasteiger partial charge >= 0.3 is 0 Å². The van der Waals surface area contributed by atoms with Crippen LogP contribution in [0.2, 0.25) is 5.02 Å². The number of hydrogen-bond donors (Lipinski definition) is 1. The van der Waals surface area contributed by atoms with E-state index in [0.29, 0.717) is 29.3 Å². The quantitative estimate of drug-likeness (QED) is 0.609. The zero-order chi connectivity index (χ0) is 21.1. The fraction of sp³-hybridized carbons (Fsp3) is 0.348. The van der Waals surface area contributed by atoms with Gasteiger partial charge in [-0.15, -0.1) is 0 Å². The molecule has 0 saturated carbocycles. The van der Waals surface area contributed by atoms with Crippen LogP contribution >= 0.6 is 11.6 Å². The molecule has 6 nitrogen and oxygen atoms in total. The number of anilines is 1. The number of amides is 1. The number of aldehydes is 1. The SMILES string of the molecule is CCc1nc2cc(Cl)ccn2c1C(=O)NCc1ccc(N2CCC(C=O)CC2)cc1. The van der Waals surface area contributed by atoms with Crippen LogP contribution in [0.5, 0.6) is 0 Å². The first-order valence-corrected chi connectivity index (χ1v) is 10.7. The largest absolute Gasteiger partial charge is 0.371 e. The highest BCUT2D eigenvalue weighted by molar-refractivity contribution is 6.30. The molecule has 4 rings (SSSR count). The Labute approximate surface area is 180 Å². The van der Waals surface area contributed by atoms with Gasteiger partial charge in [0.05, 0.1) is 5.69 Å². The second kappa shape index (κ2) is 8.88. The molecular formula is C23H25ClN4O2. The van der Waals surface area contributed by atoms with Crippen LogP contribution in [0.25, 0.3) is 5.65 Å². The second-order valence-electron chi connectivity index (χ2n) is 7.64. The van der Waals surface area contributed by atoms with E-state index in [-0.39, 0.29) is 11.8 Å². The molecule has 0 bridgehead atoms. The third kappa shape index (κ3) is 4.19. The molecule has 0 spiro atoms. The number of nitrogens with zero attached hydrogens (tertiary/aromatic N) is 3. The molecule has 1 aliphatic heterocycles. The number of pyridine rings is 1. The number of benzene rings is 1. The highest BCUT2D eigenvalue weighted by atomic mass is 35.5. The van der Waals surface area contributed by atoms with Crippen LogP contribution in [0.3, 0.4) is 0 Å². The van der Waals surface area contributed by atoms with Gasteiger partial charge in [0.15, 0.2) is 0 Å². The van der Waals surface area contributed by atoms with Crippen LogP contribution < -0.4 is 10.2 Å². The zero-order valence-electron chi connectivity index (χ0n) is 17.0. The Hall–Kier alpha value is -2.86. The molecule has 1 N–H and O–H groups in total. The minimum Gasteiger partial charge on any atom is -0.371 e. The van der Waals surface area contributed by atoms with E-state index in [2.05, 4.69) is 27.3 Å². The number of piperidine rings is 1. The van der Waals surface area contributed by atoms with Gasteiger partial charge in [0.25, 0.3) is 5.91 Å². The van der Waals surface area contributed by atoms with E-state index in [1.807, 2.05) is 19.1 Å². The summed E-state index contributed by atoms with van der Waals surface area (Å²) in [6, 6.07) is 11.7. The average Bonchev–Trinajstić information content (AvgIpc) is 3.15. The Bertz CT molecular complexity index is 1050. The highest BCUT2D eigenvalue weighted by Gasteiger charge is 2.20. The Morgan fingerprint density at radius 3 is 2.63 bits per heavy atom. The van der Waals surface area contributed by atoms with E-state index in [1.54, 1.807) is 22.7 Å². The van der Waals surface area contributed by atoms with E-state index in [9.17, 15) is 9.59 Å². The van der Waals surface area contributed by atoms with Crippen molar-refractivity contribution < 1.29 is 9.59 Å². The lowest BCUT2D eigenvalue weighted by Crippen LogP contribution is -2.34. The fourth-order valence-electron chi connectivity index (χ4n) is 3.94. The second-order valence-corrected chi connectivity index (χ2v) is 8.08. The van der Waals surface area contributed by atoms with Crippen molar-refractivity contribution in [2.75, 3.05) is 18.0 Å². The minimum absolute atomic E-state index is 0.151. The topological polar surface area (TPSA) is 66.7 Å². The molecule has 3 heterocycles. The number of rotatable bonds is 6. The summed E-state index contributed by atoms with van der Waals surface area (Å²) < 4.78 is 1.78. The van der Waals surface area contributed by atoms with Crippen molar-refractivity contribution in [2.24, 2.45) is 5.92 Å². The van der Waals surface area contributed by atoms with Gasteiger partial charge in [-0.05, 0) is 43.0 Å². The predicted octanol–water partition coefficient (Wildman–Crippen LogP) is 3.90. The summed E-state index contributed by atoms with van der Waals surface area (Å²) in [5.74, 6) is 0.0427. The van der Waals surface area contributed by atoms with Crippen molar-refractivity contribution in [1.82, 2.24) is 14.7 Å². The van der Waals surface area contributed by atoms with Gasteiger partial charge < -0.3 is 15.0 Å². The van der Waals surface area contributed by atoms with Crippen molar-refractivity contribution in [1.29, 1.82) is 0 Å². The van der Waals surface area contributed by atoms with Crippen LogP contribution in [0, 0.1) is 5.92 Å². The monoisotopic (exact) mass is 424 g/mol. The van der Waals surface area contributed by atoms with Gasteiger partial charge in [0.1, 0.15) is 17.6 Å². The smallest absolute Gasteiger partial charge is 0.270 e. The maximum atomic E-state index is 12.9. The van der Waals surface area contributed by atoms with Crippen LogP contribution in [0.15, 0.2) is 42.6 Å². The maximum absolute atomic E-state index is 12.9. The minimum atomic E-state index is -0.151. The number of aromatic nitrogens is 2. The molecule has 1 aliphatic rings. The van der Waals surface area contributed by atoms with E-state index in [4.69, 9.17) is 11.6 Å². The maximum Gasteiger partial charge on any atom is 0.270 e. The van der Waals surface area contributed by atoms with Crippen LogP contribution in [-0.2, 0) is 17.8 Å². The van der Waals surface area contributed by atoms with Crippen LogP contribution in [0.1, 0.15) is 41.5 Å². The lowest BCUT2D eigenvalue weighted by Gasteiger charge is -2.31. The van der Waals surface area contributed by atoms with Crippen molar-refractivity contribution >= 4 is 35.1 Å². The number of nitrogens with one attached hydrogen (secondary N) is 1. The van der Waals surface area contributed by atoms with Gasteiger partial charge in [-0.1, -0.05) is 30.7 Å². The summed E-state index contributed by atoms with van der Waals surface area (Å²) in [6.45, 7) is 4.22. The van der Waals surface area contributed by atoms with Crippen molar-refractivity contribution in [3.63, 3.8) is 0 Å².